The van der Waals surface area contributed by atoms with E-state index in [0.717, 1.165) is 5.56 Å². The van der Waals surface area contributed by atoms with Gasteiger partial charge in [-0.05, 0) is 33.8 Å². The molecular formula is C13H19NO3S. The van der Waals surface area contributed by atoms with Gasteiger partial charge in [0.1, 0.15) is 10.6 Å². The molecule has 0 fully saturated rings. The van der Waals surface area contributed by atoms with Gasteiger partial charge in [-0.25, -0.2) is 4.98 Å². The molecule has 1 heterocycles. The van der Waals surface area contributed by atoms with Crippen molar-refractivity contribution in [2.45, 2.75) is 44.4 Å². The lowest BCUT2D eigenvalue weighted by molar-refractivity contribution is -0.151. The van der Waals surface area contributed by atoms with Crippen molar-refractivity contribution in [3.05, 3.63) is 23.9 Å². The van der Waals surface area contributed by atoms with E-state index in [1.54, 1.807) is 25.3 Å². The van der Waals surface area contributed by atoms with Crippen molar-refractivity contribution in [1.82, 2.24) is 4.98 Å². The van der Waals surface area contributed by atoms with E-state index in [1.807, 2.05) is 20.8 Å². The van der Waals surface area contributed by atoms with Crippen LogP contribution in [0.15, 0.2) is 23.4 Å². The van der Waals surface area contributed by atoms with Gasteiger partial charge in [-0.2, -0.15) is 0 Å². The normalized spacial score (nSPS) is 13.2. The number of hydrogen-bond donors (Lipinski definition) is 1. The zero-order valence-electron chi connectivity index (χ0n) is 11.1. The number of carbonyl (C=O) groups excluding carboxylic acids is 1. The molecule has 5 heteroatoms. The third-order valence-electron chi connectivity index (χ3n) is 2.00. The van der Waals surface area contributed by atoms with Gasteiger partial charge < -0.3 is 9.84 Å². The third-order valence-corrected chi connectivity index (χ3v) is 2.99. The van der Waals surface area contributed by atoms with Gasteiger partial charge in [0.2, 0.25) is 0 Å². The Morgan fingerprint density at radius 1 is 1.56 bits per heavy atom. The Morgan fingerprint density at radius 2 is 2.22 bits per heavy atom. The molecule has 0 saturated carbocycles. The highest BCUT2D eigenvalue weighted by Gasteiger charge is 2.17. The van der Waals surface area contributed by atoms with E-state index in [9.17, 15) is 9.90 Å². The Morgan fingerprint density at radius 3 is 2.78 bits per heavy atom. The predicted octanol–water partition coefficient (Wildman–Crippen LogP) is 2.57. The molecule has 0 aromatic carbocycles. The number of thioether (sulfide) groups is 1. The van der Waals surface area contributed by atoms with E-state index in [4.69, 9.17) is 4.74 Å². The summed E-state index contributed by atoms with van der Waals surface area (Å²) in [6.45, 7) is 7.17. The van der Waals surface area contributed by atoms with Crippen molar-refractivity contribution in [2.24, 2.45) is 0 Å². The summed E-state index contributed by atoms with van der Waals surface area (Å²) in [5, 5.41) is 10.3. The molecule has 0 bridgehead atoms. The number of esters is 1. The number of aromatic nitrogens is 1. The van der Waals surface area contributed by atoms with E-state index in [0.29, 0.717) is 5.03 Å². The van der Waals surface area contributed by atoms with Crippen molar-refractivity contribution in [1.29, 1.82) is 0 Å². The van der Waals surface area contributed by atoms with E-state index in [2.05, 4.69) is 4.98 Å². The van der Waals surface area contributed by atoms with E-state index in [-0.39, 0.29) is 11.7 Å². The molecule has 1 N–H and O–H groups in total. The van der Waals surface area contributed by atoms with Crippen LogP contribution < -0.4 is 0 Å². The van der Waals surface area contributed by atoms with Crippen LogP contribution in [0, 0.1) is 0 Å². The van der Waals surface area contributed by atoms with Gasteiger partial charge in [0, 0.05) is 11.8 Å². The van der Waals surface area contributed by atoms with Crippen molar-refractivity contribution in [3.8, 4) is 0 Å². The van der Waals surface area contributed by atoms with Crippen molar-refractivity contribution in [2.75, 3.05) is 5.75 Å². The van der Waals surface area contributed by atoms with E-state index >= 15 is 0 Å². The Hall–Kier alpha value is -1.07. The lowest BCUT2D eigenvalue weighted by Gasteiger charge is -2.19. The molecular weight excluding hydrogens is 250 g/mol. The molecule has 100 valence electrons. The second kappa shape index (κ2) is 6.20. The van der Waals surface area contributed by atoms with Gasteiger partial charge in [-0.1, -0.05) is 17.8 Å². The highest BCUT2D eigenvalue weighted by Crippen LogP contribution is 2.25. The first-order chi connectivity index (χ1) is 8.29. The van der Waals surface area contributed by atoms with Crippen LogP contribution in [0.25, 0.3) is 0 Å². The summed E-state index contributed by atoms with van der Waals surface area (Å²) in [7, 11) is 0. The smallest absolute Gasteiger partial charge is 0.316 e. The van der Waals surface area contributed by atoms with Gasteiger partial charge in [-0.15, -0.1) is 0 Å². The number of aliphatic hydroxyl groups excluding tert-OH is 1. The molecule has 18 heavy (non-hydrogen) atoms. The molecule has 0 radical (unpaired) electrons. The summed E-state index contributed by atoms with van der Waals surface area (Å²) in [5.74, 6) is -0.0942. The summed E-state index contributed by atoms with van der Waals surface area (Å²) in [4.78, 5) is 15.7. The largest absolute Gasteiger partial charge is 0.459 e. The van der Waals surface area contributed by atoms with Crippen LogP contribution in [0.4, 0.5) is 0 Å². The maximum absolute atomic E-state index is 11.6. The number of pyridine rings is 1. The summed E-state index contributed by atoms with van der Waals surface area (Å²) in [6.07, 6.45) is 1.04. The number of rotatable bonds is 4. The Labute approximate surface area is 112 Å². The highest BCUT2D eigenvalue weighted by atomic mass is 32.2. The SMILES string of the molecule is CC(O)c1cccnc1SCC(=O)OC(C)(C)C. The Bertz CT molecular complexity index is 413. The van der Waals surface area contributed by atoms with Gasteiger partial charge in [0.15, 0.2) is 0 Å². The predicted molar refractivity (Wildman–Crippen MR) is 71.4 cm³/mol. The number of ether oxygens (including phenoxy) is 1. The fraction of sp³-hybridized carbons (Fsp3) is 0.538. The minimum Gasteiger partial charge on any atom is -0.459 e. The number of aliphatic hydroxyl groups is 1. The molecule has 1 atom stereocenters. The third kappa shape index (κ3) is 5.06. The summed E-state index contributed by atoms with van der Waals surface area (Å²) in [6, 6.07) is 3.56. The molecule has 0 aliphatic heterocycles. The van der Waals surface area contributed by atoms with Crippen LogP contribution in [0.5, 0.6) is 0 Å². The molecule has 1 aromatic rings. The van der Waals surface area contributed by atoms with Gasteiger partial charge in [0.25, 0.3) is 0 Å². The molecule has 0 aliphatic rings. The molecule has 1 rings (SSSR count). The summed E-state index contributed by atoms with van der Waals surface area (Å²) >= 11 is 1.28. The second-order valence-corrected chi connectivity index (χ2v) is 5.91. The van der Waals surface area contributed by atoms with Gasteiger partial charge in [-0.3, -0.25) is 4.79 Å². The van der Waals surface area contributed by atoms with Gasteiger partial charge >= 0.3 is 5.97 Å². The minimum absolute atomic E-state index is 0.188. The standard InChI is InChI=1S/C13H19NO3S/c1-9(15)10-6-5-7-14-12(10)18-8-11(16)17-13(2,3)4/h5-7,9,15H,8H2,1-4H3. The zero-order chi connectivity index (χ0) is 13.8. The van der Waals surface area contributed by atoms with E-state index in [1.165, 1.54) is 11.8 Å². The van der Waals surface area contributed by atoms with Crippen LogP contribution >= 0.6 is 11.8 Å². The van der Waals surface area contributed by atoms with Crippen LogP contribution in [-0.2, 0) is 9.53 Å². The maximum atomic E-state index is 11.6. The van der Waals surface area contributed by atoms with Crippen molar-refractivity contribution < 1.29 is 14.6 Å². The molecule has 0 spiro atoms. The molecule has 1 aromatic heterocycles. The highest BCUT2D eigenvalue weighted by molar-refractivity contribution is 7.99. The monoisotopic (exact) mass is 269 g/mol. The van der Waals surface area contributed by atoms with Crippen molar-refractivity contribution >= 4 is 17.7 Å². The van der Waals surface area contributed by atoms with E-state index < -0.39 is 11.7 Å². The zero-order valence-corrected chi connectivity index (χ0v) is 12.0. The van der Waals surface area contributed by atoms with Crippen LogP contribution in [0.1, 0.15) is 39.4 Å². The fourth-order valence-corrected chi connectivity index (χ4v) is 2.19. The van der Waals surface area contributed by atoms with Crippen LogP contribution in [0.3, 0.4) is 0 Å². The first kappa shape index (κ1) is 15.0. The maximum Gasteiger partial charge on any atom is 0.316 e. The Balaban J connectivity index is 2.61. The molecule has 0 saturated heterocycles. The van der Waals surface area contributed by atoms with Crippen LogP contribution in [0.2, 0.25) is 0 Å². The molecule has 1 unspecified atom stereocenters. The van der Waals surface area contributed by atoms with Gasteiger partial charge in [0.05, 0.1) is 11.9 Å². The lowest BCUT2D eigenvalue weighted by Crippen LogP contribution is -2.25. The molecule has 4 nitrogen and oxygen atoms in total. The first-order valence-electron chi connectivity index (χ1n) is 5.77. The topological polar surface area (TPSA) is 59.4 Å². The summed E-state index contributed by atoms with van der Waals surface area (Å²) < 4.78 is 5.21. The Kier molecular flexibility index (Phi) is 5.16. The first-order valence-corrected chi connectivity index (χ1v) is 6.76. The molecule has 0 aliphatic carbocycles. The quantitative estimate of drug-likeness (QED) is 0.672. The second-order valence-electron chi connectivity index (χ2n) is 4.95. The average molecular weight is 269 g/mol. The van der Waals surface area contributed by atoms with Crippen molar-refractivity contribution in [3.63, 3.8) is 0 Å². The average Bonchev–Trinajstić information content (AvgIpc) is 2.24. The molecule has 0 amide bonds. The number of carbonyl (C=O) groups is 1. The summed E-state index contributed by atoms with van der Waals surface area (Å²) in [5.41, 5.74) is 0.251. The number of nitrogens with zero attached hydrogens (tertiary/aromatic N) is 1. The number of hydrogen-bond acceptors (Lipinski definition) is 5. The lowest BCUT2D eigenvalue weighted by atomic mass is 10.2. The minimum atomic E-state index is -0.597. The fourth-order valence-electron chi connectivity index (χ4n) is 1.34. The van der Waals surface area contributed by atoms with Crippen LogP contribution in [-0.4, -0.2) is 27.4 Å².